The highest BCUT2D eigenvalue weighted by Gasteiger charge is 2.40. The molecule has 0 aliphatic heterocycles. The lowest BCUT2D eigenvalue weighted by molar-refractivity contribution is -0.137. The second-order valence-electron chi connectivity index (χ2n) is 8.06. The van der Waals surface area contributed by atoms with Gasteiger partial charge in [-0.2, -0.15) is 0 Å². The van der Waals surface area contributed by atoms with Gasteiger partial charge in [0.15, 0.2) is 11.5 Å². The molecule has 0 radical (unpaired) electrons. The molecule has 1 aromatic heterocycles. The van der Waals surface area contributed by atoms with Crippen LogP contribution in [0.5, 0.6) is 11.5 Å². The maximum Gasteiger partial charge on any atom is 0.247 e. The largest absolute Gasteiger partial charge is 0.493 e. The van der Waals surface area contributed by atoms with Crippen LogP contribution in [0.4, 0.5) is 0 Å². The third-order valence-electron chi connectivity index (χ3n) is 5.68. The van der Waals surface area contributed by atoms with Crippen molar-refractivity contribution in [1.82, 2.24) is 10.2 Å². The maximum atomic E-state index is 12.8. The zero-order valence-corrected chi connectivity index (χ0v) is 21.6. The third-order valence-corrected chi connectivity index (χ3v) is 6.48. The number of amides is 2. The number of carbonyl (C=O) groups excluding carboxylic acids is 2. The van der Waals surface area contributed by atoms with Crippen molar-refractivity contribution in [1.29, 1.82) is 0 Å². The predicted molar refractivity (Wildman–Crippen MR) is 134 cm³/mol. The van der Waals surface area contributed by atoms with Gasteiger partial charge in [0.1, 0.15) is 12.2 Å². The molecule has 10 nitrogen and oxygen atoms in total. The fourth-order valence-electron chi connectivity index (χ4n) is 3.94. The topological polar surface area (TPSA) is 142 Å². The van der Waals surface area contributed by atoms with E-state index in [1.54, 1.807) is 18.2 Å². The minimum Gasteiger partial charge on any atom is -0.493 e. The molecule has 1 aliphatic rings. The summed E-state index contributed by atoms with van der Waals surface area (Å²) in [4.78, 5) is 26.9. The van der Waals surface area contributed by atoms with Crippen LogP contribution in [0.3, 0.4) is 0 Å². The minimum absolute atomic E-state index is 0.0642. The van der Waals surface area contributed by atoms with Crippen molar-refractivity contribution in [3.05, 3.63) is 57.1 Å². The molecular formula is C24H29IN2O8. The number of nitrogens with zero attached hydrogens (tertiary/aromatic N) is 1. The van der Waals surface area contributed by atoms with E-state index in [2.05, 4.69) is 5.32 Å². The molecule has 0 spiro atoms. The normalized spacial score (nSPS) is 19.6. The summed E-state index contributed by atoms with van der Waals surface area (Å²) in [6, 6.07) is 4.31. The van der Waals surface area contributed by atoms with Gasteiger partial charge in [-0.1, -0.05) is 0 Å². The van der Waals surface area contributed by atoms with Gasteiger partial charge < -0.3 is 39.4 Å². The smallest absolute Gasteiger partial charge is 0.247 e. The Kier molecular flexibility index (Phi) is 9.55. The van der Waals surface area contributed by atoms with Gasteiger partial charge in [0.2, 0.25) is 11.8 Å². The molecule has 35 heavy (non-hydrogen) atoms. The summed E-state index contributed by atoms with van der Waals surface area (Å²) in [5, 5.41) is 32.5. The number of rotatable bonds is 10. The van der Waals surface area contributed by atoms with Crippen molar-refractivity contribution in [3.63, 3.8) is 0 Å². The van der Waals surface area contributed by atoms with E-state index in [0.29, 0.717) is 26.2 Å². The van der Waals surface area contributed by atoms with Gasteiger partial charge in [-0.25, -0.2) is 0 Å². The van der Waals surface area contributed by atoms with Crippen LogP contribution in [-0.2, 0) is 22.7 Å². The van der Waals surface area contributed by atoms with E-state index in [-0.39, 0.29) is 38.6 Å². The molecular weight excluding hydrogens is 571 g/mol. The number of hydrogen-bond acceptors (Lipinski definition) is 8. The van der Waals surface area contributed by atoms with Gasteiger partial charge in [-0.15, -0.1) is 0 Å². The number of methoxy groups -OCH3 is 1. The number of carbonyl (C=O) groups is 2. The van der Waals surface area contributed by atoms with Crippen LogP contribution in [0.15, 0.2) is 46.8 Å². The van der Waals surface area contributed by atoms with Gasteiger partial charge in [0.25, 0.3) is 0 Å². The first-order valence-electron chi connectivity index (χ1n) is 11.0. The van der Waals surface area contributed by atoms with Crippen LogP contribution in [0.25, 0.3) is 0 Å². The summed E-state index contributed by atoms with van der Waals surface area (Å²) in [5.41, 5.74) is 1.68. The van der Waals surface area contributed by atoms with E-state index in [4.69, 9.17) is 19.0 Å². The average molecular weight is 600 g/mol. The zero-order valence-electron chi connectivity index (χ0n) is 19.4. The first-order valence-corrected chi connectivity index (χ1v) is 12.1. The molecule has 4 N–H and O–H groups in total. The predicted octanol–water partition coefficient (Wildman–Crippen LogP) is 1.35. The second kappa shape index (κ2) is 12.4. The monoisotopic (exact) mass is 600 g/mol. The van der Waals surface area contributed by atoms with Crippen LogP contribution >= 0.6 is 22.6 Å². The van der Waals surface area contributed by atoms with Crippen molar-refractivity contribution >= 4 is 34.4 Å². The molecule has 3 atom stereocenters. The molecule has 2 amide bonds. The number of ether oxygens (including phenoxy) is 2. The number of nitrogens with one attached hydrogen (secondary N) is 1. The number of halogens is 1. The Morgan fingerprint density at radius 2 is 2.06 bits per heavy atom. The Labute approximate surface area is 216 Å². The Balaban J connectivity index is 1.98. The van der Waals surface area contributed by atoms with E-state index < -0.39 is 24.2 Å². The van der Waals surface area contributed by atoms with Crippen LogP contribution in [-0.4, -0.2) is 70.5 Å². The van der Waals surface area contributed by atoms with Crippen LogP contribution in [0.1, 0.15) is 24.5 Å². The van der Waals surface area contributed by atoms with Gasteiger partial charge in [-0.05, 0) is 52.4 Å². The zero-order chi connectivity index (χ0) is 25.5. The van der Waals surface area contributed by atoms with Gasteiger partial charge >= 0.3 is 0 Å². The lowest BCUT2D eigenvalue weighted by atomic mass is 9.88. The van der Waals surface area contributed by atoms with E-state index in [9.17, 15) is 19.8 Å². The first-order chi connectivity index (χ1) is 16.8. The Hall–Kier alpha value is -2.61. The highest BCUT2D eigenvalue weighted by atomic mass is 127. The van der Waals surface area contributed by atoms with Crippen molar-refractivity contribution < 1.29 is 38.8 Å². The summed E-state index contributed by atoms with van der Waals surface area (Å²) in [5.74, 6) is -0.0125. The molecule has 2 aromatic rings. The van der Waals surface area contributed by atoms with E-state index in [1.165, 1.54) is 37.5 Å². The Bertz CT molecular complexity index is 1060. The number of aliphatic hydroxyl groups excluding tert-OH is 3. The number of hydrogen-bond donors (Lipinski definition) is 4. The Morgan fingerprint density at radius 1 is 1.29 bits per heavy atom. The number of benzene rings is 1. The third kappa shape index (κ3) is 6.54. The summed E-state index contributed by atoms with van der Waals surface area (Å²) in [7, 11) is 1.46. The van der Waals surface area contributed by atoms with Crippen molar-refractivity contribution in [2.45, 2.75) is 44.7 Å². The van der Waals surface area contributed by atoms with Gasteiger partial charge in [-0.3, -0.25) is 9.59 Å². The molecule has 1 aromatic carbocycles. The molecule has 1 heterocycles. The molecule has 11 heteroatoms. The van der Waals surface area contributed by atoms with Gasteiger partial charge in [0, 0.05) is 37.6 Å². The van der Waals surface area contributed by atoms with Crippen LogP contribution in [0, 0.1) is 3.57 Å². The Morgan fingerprint density at radius 3 is 2.66 bits per heavy atom. The fraction of sp³-hybridized carbons (Fsp3) is 0.417. The molecule has 0 fully saturated rings. The minimum atomic E-state index is -1.17. The van der Waals surface area contributed by atoms with Crippen LogP contribution in [0.2, 0.25) is 0 Å². The van der Waals surface area contributed by atoms with Crippen molar-refractivity contribution in [3.8, 4) is 11.5 Å². The molecule has 3 rings (SSSR count). The molecule has 0 saturated carbocycles. The fourth-order valence-corrected chi connectivity index (χ4v) is 4.73. The average Bonchev–Trinajstić information content (AvgIpc) is 3.36. The quantitative estimate of drug-likeness (QED) is 0.300. The molecule has 0 unspecified atom stereocenters. The van der Waals surface area contributed by atoms with E-state index >= 15 is 0 Å². The highest BCUT2D eigenvalue weighted by Crippen LogP contribution is 2.37. The highest BCUT2D eigenvalue weighted by molar-refractivity contribution is 14.1. The molecule has 190 valence electrons. The lowest BCUT2D eigenvalue weighted by Gasteiger charge is -2.40. The van der Waals surface area contributed by atoms with E-state index in [1.807, 2.05) is 22.6 Å². The summed E-state index contributed by atoms with van der Waals surface area (Å²) in [6.45, 7) is 1.23. The van der Waals surface area contributed by atoms with Crippen molar-refractivity contribution in [2.24, 2.45) is 0 Å². The lowest BCUT2D eigenvalue weighted by Crippen LogP contribution is -2.54. The standard InChI is InChI=1S/C24H29IN2O8/c1-14(30)27(11-15-3-6-34-13-15)19-9-17(24(32)26-4-5-28)10-20(22(19)31)35-23-18(25)7-16(12-29)8-21(23)33-2/h3,6-8,10,13,19-20,22,28-29,31H,4-5,9,11-12H2,1-2H3,(H,26,32)/t19-,20+,22+/m1/s1. The number of aliphatic hydroxyl groups is 3. The summed E-state index contributed by atoms with van der Waals surface area (Å²) in [6.07, 6.45) is 2.47. The van der Waals surface area contributed by atoms with Crippen LogP contribution < -0.4 is 14.8 Å². The summed E-state index contributed by atoms with van der Waals surface area (Å²) >= 11 is 2.04. The number of furan rings is 1. The maximum absolute atomic E-state index is 12.8. The first kappa shape index (κ1) is 27.0. The molecule has 1 aliphatic carbocycles. The van der Waals surface area contributed by atoms with Crippen molar-refractivity contribution in [2.75, 3.05) is 20.3 Å². The SMILES string of the molecule is COc1cc(CO)cc(I)c1O[C@H]1C=C(C(=O)NCCO)C[C@@H](N(Cc2ccoc2)C(C)=O)[C@@H]1O. The second-order valence-corrected chi connectivity index (χ2v) is 9.22. The van der Waals surface area contributed by atoms with E-state index in [0.717, 1.165) is 5.56 Å². The van der Waals surface area contributed by atoms with Gasteiger partial charge in [0.05, 0.1) is 42.5 Å². The molecule has 0 bridgehead atoms. The summed E-state index contributed by atoms with van der Waals surface area (Å²) < 4.78 is 17.4. The molecule has 0 saturated heterocycles.